The van der Waals surface area contributed by atoms with Crippen LogP contribution >= 0.6 is 11.6 Å². The molecule has 2 saturated heterocycles. The van der Waals surface area contributed by atoms with Gasteiger partial charge in [0.25, 0.3) is 0 Å². The normalized spacial score (nSPS) is 23.2. The Balaban J connectivity index is 1.27. The van der Waals surface area contributed by atoms with Gasteiger partial charge in [0.2, 0.25) is 10.0 Å². The van der Waals surface area contributed by atoms with E-state index < -0.39 is 10.0 Å². The smallest absolute Gasteiger partial charge is 0.246 e. The van der Waals surface area contributed by atoms with Crippen LogP contribution < -0.4 is 0 Å². The third kappa shape index (κ3) is 4.10. The van der Waals surface area contributed by atoms with Gasteiger partial charge in [-0.15, -0.1) is 0 Å². The van der Waals surface area contributed by atoms with E-state index in [0.717, 1.165) is 36.5 Å². The molecule has 0 amide bonds. The molecule has 184 valence electrons. The maximum atomic E-state index is 15.3. The average Bonchev–Trinajstić information content (AvgIpc) is 3.31. The maximum absolute atomic E-state index is 15.3. The number of benzene rings is 2. The summed E-state index contributed by atoms with van der Waals surface area (Å²) in [5.74, 6) is -0.113. The number of hydrogen-bond donors (Lipinski definition) is 0. The van der Waals surface area contributed by atoms with Crippen LogP contribution in [0.2, 0.25) is 5.02 Å². The van der Waals surface area contributed by atoms with Crippen LogP contribution in [0.4, 0.5) is 4.39 Å². The molecule has 2 fully saturated rings. The summed E-state index contributed by atoms with van der Waals surface area (Å²) in [5, 5.41) is 4.70. The summed E-state index contributed by atoms with van der Waals surface area (Å²) in [5.41, 5.74) is 4.09. The molecule has 0 N–H and O–H groups in total. The molecule has 2 unspecified atom stereocenters. The van der Waals surface area contributed by atoms with E-state index in [4.69, 9.17) is 11.6 Å². The standard InChI is InChI=1S/C26H28ClFN4O2S/c1-30-16-21(13-29-30)35(33,34)32-14-19(15-32)23-12-22-18(10-25(23)28)11-26(31-6-3-7-31)24(22)9-17-4-2-5-20(27)8-17/h2,4-5,8,10,12-13,16,19,24,26H,3,6-7,9,11,14-15H2,1H3. The predicted octanol–water partition coefficient (Wildman–Crippen LogP) is 3.96. The number of aromatic nitrogens is 2. The minimum Gasteiger partial charge on any atom is -0.299 e. The number of aryl methyl sites for hydroxylation is 1. The highest BCUT2D eigenvalue weighted by atomic mass is 35.5. The van der Waals surface area contributed by atoms with Crippen molar-refractivity contribution in [3.05, 3.63) is 81.9 Å². The molecule has 0 radical (unpaired) electrons. The van der Waals surface area contributed by atoms with Crippen LogP contribution in [0.1, 0.15) is 40.5 Å². The Morgan fingerprint density at radius 3 is 2.60 bits per heavy atom. The second-order valence-electron chi connectivity index (χ2n) is 10.0. The Bertz CT molecular complexity index is 1380. The topological polar surface area (TPSA) is 58.4 Å². The lowest BCUT2D eigenvalue weighted by Gasteiger charge is -2.40. The lowest BCUT2D eigenvalue weighted by molar-refractivity contribution is 0.106. The van der Waals surface area contributed by atoms with Crippen molar-refractivity contribution in [2.45, 2.75) is 42.0 Å². The summed E-state index contributed by atoms with van der Waals surface area (Å²) in [7, 11) is -1.92. The first kappa shape index (κ1) is 23.2. The van der Waals surface area contributed by atoms with E-state index in [1.807, 2.05) is 24.3 Å². The Kier molecular flexibility index (Phi) is 5.75. The van der Waals surface area contributed by atoms with Crippen LogP contribution in [0.5, 0.6) is 0 Å². The molecule has 1 aromatic heterocycles. The van der Waals surface area contributed by atoms with Crippen molar-refractivity contribution in [2.24, 2.45) is 7.05 Å². The molecule has 6 nitrogen and oxygen atoms in total. The minimum atomic E-state index is -3.61. The van der Waals surface area contributed by atoms with Crippen LogP contribution in [0, 0.1) is 5.82 Å². The van der Waals surface area contributed by atoms with E-state index in [1.165, 1.54) is 38.9 Å². The van der Waals surface area contributed by atoms with Crippen LogP contribution in [0.3, 0.4) is 0 Å². The average molecular weight is 515 g/mol. The molecule has 2 aromatic carbocycles. The largest absolute Gasteiger partial charge is 0.299 e. The van der Waals surface area contributed by atoms with Crippen molar-refractivity contribution in [3.63, 3.8) is 0 Å². The quantitative estimate of drug-likeness (QED) is 0.499. The van der Waals surface area contributed by atoms with Gasteiger partial charge in [-0.2, -0.15) is 9.40 Å². The van der Waals surface area contributed by atoms with Crippen molar-refractivity contribution >= 4 is 21.6 Å². The highest BCUT2D eigenvalue weighted by molar-refractivity contribution is 7.89. The summed E-state index contributed by atoms with van der Waals surface area (Å²) in [6.45, 7) is 2.73. The monoisotopic (exact) mass is 514 g/mol. The maximum Gasteiger partial charge on any atom is 0.246 e. The van der Waals surface area contributed by atoms with E-state index >= 15 is 4.39 Å². The van der Waals surface area contributed by atoms with Crippen molar-refractivity contribution < 1.29 is 12.8 Å². The molecule has 9 heteroatoms. The van der Waals surface area contributed by atoms with Crippen molar-refractivity contribution in [2.75, 3.05) is 26.2 Å². The molecule has 35 heavy (non-hydrogen) atoms. The fourth-order valence-corrected chi connectivity index (χ4v) is 7.52. The third-order valence-electron chi connectivity index (χ3n) is 7.86. The molecule has 6 rings (SSSR count). The fourth-order valence-electron chi connectivity index (χ4n) is 5.79. The van der Waals surface area contributed by atoms with E-state index in [9.17, 15) is 8.42 Å². The lowest BCUT2D eigenvalue weighted by Crippen LogP contribution is -2.48. The SMILES string of the molecule is Cn1cc(S(=O)(=O)N2CC(c3cc4c(cc3F)CC(N3CCC3)C4Cc3cccc(Cl)c3)C2)cn1. The predicted molar refractivity (Wildman–Crippen MR) is 133 cm³/mol. The molecule has 3 heterocycles. The Morgan fingerprint density at radius 1 is 1.14 bits per heavy atom. The van der Waals surface area contributed by atoms with Crippen molar-refractivity contribution in [1.29, 1.82) is 0 Å². The Labute approximate surface area is 210 Å². The number of halogens is 2. The molecular weight excluding hydrogens is 487 g/mol. The van der Waals surface area contributed by atoms with Gasteiger partial charge in [0.05, 0.1) is 6.20 Å². The summed E-state index contributed by atoms with van der Waals surface area (Å²) >= 11 is 6.26. The summed E-state index contributed by atoms with van der Waals surface area (Å²) < 4.78 is 43.9. The highest BCUT2D eigenvalue weighted by Gasteiger charge is 2.42. The van der Waals surface area contributed by atoms with E-state index in [0.29, 0.717) is 11.6 Å². The van der Waals surface area contributed by atoms with Crippen molar-refractivity contribution in [3.8, 4) is 0 Å². The molecule has 0 saturated carbocycles. The van der Waals surface area contributed by atoms with Crippen LogP contribution in [0.25, 0.3) is 0 Å². The molecule has 2 aliphatic heterocycles. The second kappa shape index (κ2) is 8.69. The number of likely N-dealkylation sites (tertiary alicyclic amines) is 1. The molecule has 2 atom stereocenters. The molecule has 3 aliphatic rings. The van der Waals surface area contributed by atoms with Gasteiger partial charge in [-0.05, 0) is 72.8 Å². The van der Waals surface area contributed by atoms with Gasteiger partial charge in [-0.3, -0.25) is 9.58 Å². The van der Waals surface area contributed by atoms with E-state index in [2.05, 4.69) is 16.1 Å². The van der Waals surface area contributed by atoms with E-state index in [-0.39, 0.29) is 35.6 Å². The lowest BCUT2D eigenvalue weighted by atomic mass is 9.85. The number of rotatable bonds is 6. The molecular formula is C26H28ClFN4O2S. The summed E-state index contributed by atoms with van der Waals surface area (Å²) in [6, 6.07) is 12.1. The molecule has 3 aromatic rings. The first-order valence-electron chi connectivity index (χ1n) is 12.1. The first-order chi connectivity index (χ1) is 16.8. The number of hydrogen-bond acceptors (Lipinski definition) is 4. The zero-order valence-electron chi connectivity index (χ0n) is 19.6. The van der Waals surface area contributed by atoms with Gasteiger partial charge in [0.15, 0.2) is 0 Å². The van der Waals surface area contributed by atoms with Crippen LogP contribution in [-0.4, -0.2) is 59.6 Å². The molecule has 0 bridgehead atoms. The van der Waals surface area contributed by atoms with Crippen LogP contribution in [0.15, 0.2) is 53.7 Å². The zero-order chi connectivity index (χ0) is 24.3. The fraction of sp³-hybridized carbons (Fsp3) is 0.423. The van der Waals surface area contributed by atoms with Gasteiger partial charge in [0, 0.05) is 49.2 Å². The molecule has 0 spiro atoms. The van der Waals surface area contributed by atoms with Gasteiger partial charge in [0.1, 0.15) is 10.7 Å². The minimum absolute atomic E-state index is 0.151. The van der Waals surface area contributed by atoms with Crippen LogP contribution in [-0.2, 0) is 29.9 Å². The van der Waals surface area contributed by atoms with Gasteiger partial charge < -0.3 is 0 Å². The van der Waals surface area contributed by atoms with Gasteiger partial charge >= 0.3 is 0 Å². The third-order valence-corrected chi connectivity index (χ3v) is 9.88. The number of sulfonamides is 1. The van der Waals surface area contributed by atoms with Gasteiger partial charge in [-0.1, -0.05) is 29.8 Å². The zero-order valence-corrected chi connectivity index (χ0v) is 21.1. The number of nitrogens with zero attached hydrogens (tertiary/aromatic N) is 4. The Morgan fingerprint density at radius 2 is 1.94 bits per heavy atom. The van der Waals surface area contributed by atoms with Crippen molar-refractivity contribution in [1.82, 2.24) is 19.0 Å². The summed E-state index contributed by atoms with van der Waals surface area (Å²) in [4.78, 5) is 2.69. The van der Waals surface area contributed by atoms with E-state index in [1.54, 1.807) is 13.1 Å². The highest BCUT2D eigenvalue weighted by Crippen LogP contribution is 2.43. The second-order valence-corrected chi connectivity index (χ2v) is 12.4. The van der Waals surface area contributed by atoms with Gasteiger partial charge in [-0.25, -0.2) is 12.8 Å². The Hall–Kier alpha value is -2.26. The first-order valence-corrected chi connectivity index (χ1v) is 13.9. The molecule has 1 aliphatic carbocycles. The summed E-state index contributed by atoms with van der Waals surface area (Å²) in [6.07, 6.45) is 5.76. The number of fused-ring (bicyclic) bond motifs is 1.